The first-order chi connectivity index (χ1) is 9.81. The zero-order valence-corrected chi connectivity index (χ0v) is 13.3. The van der Waals surface area contributed by atoms with Gasteiger partial charge in [-0.2, -0.15) is 4.72 Å². The summed E-state index contributed by atoms with van der Waals surface area (Å²) < 4.78 is 27.0. The topological polar surface area (TPSA) is 101 Å². The predicted molar refractivity (Wildman–Crippen MR) is 83.7 cm³/mol. The molecule has 6 nitrogen and oxygen atoms in total. The van der Waals surface area contributed by atoms with Gasteiger partial charge in [0.1, 0.15) is 15.9 Å². The first-order valence-electron chi connectivity index (χ1n) is 6.20. The second-order valence-electron chi connectivity index (χ2n) is 4.62. The highest BCUT2D eigenvalue weighted by Gasteiger charge is 2.28. The van der Waals surface area contributed by atoms with Gasteiger partial charge in [0, 0.05) is 12.1 Å². The fourth-order valence-corrected chi connectivity index (χ4v) is 3.91. The van der Waals surface area contributed by atoms with Crippen LogP contribution in [-0.2, 0) is 14.8 Å². The molecule has 1 aromatic carbocycles. The molecule has 9 heteroatoms. The van der Waals surface area contributed by atoms with Crippen LogP contribution < -0.4 is 15.8 Å². The highest BCUT2D eigenvalue weighted by Crippen LogP contribution is 2.23. The van der Waals surface area contributed by atoms with E-state index < -0.39 is 16.1 Å². The molecule has 0 spiro atoms. The van der Waals surface area contributed by atoms with Gasteiger partial charge in [0.2, 0.25) is 15.9 Å². The van der Waals surface area contributed by atoms with Gasteiger partial charge in [-0.25, -0.2) is 8.42 Å². The number of carbonyl (C=O) groups is 1. The molecule has 114 valence electrons. The highest BCUT2D eigenvalue weighted by atomic mass is 35.5. The molecule has 0 aliphatic carbocycles. The lowest BCUT2D eigenvalue weighted by atomic mass is 10.1. The van der Waals surface area contributed by atoms with E-state index in [1.165, 1.54) is 18.2 Å². The number of thiocarbonyl (C=S) groups is 1. The lowest BCUT2D eigenvalue weighted by Crippen LogP contribution is -2.50. The van der Waals surface area contributed by atoms with Gasteiger partial charge < -0.3 is 11.1 Å². The van der Waals surface area contributed by atoms with Crippen molar-refractivity contribution in [1.29, 1.82) is 0 Å². The van der Waals surface area contributed by atoms with Crippen molar-refractivity contribution >= 4 is 44.7 Å². The molecule has 0 bridgehead atoms. The maximum atomic E-state index is 12.3. The number of rotatable bonds is 4. The molecule has 1 aliphatic rings. The number of halogens is 1. The van der Waals surface area contributed by atoms with E-state index in [1.54, 1.807) is 0 Å². The van der Waals surface area contributed by atoms with Crippen LogP contribution in [-0.4, -0.2) is 31.9 Å². The summed E-state index contributed by atoms with van der Waals surface area (Å²) in [5.74, 6) is -0.333. The molecule has 0 radical (unpaired) electrons. The number of sulfonamides is 1. The van der Waals surface area contributed by atoms with Gasteiger partial charge in [-0.3, -0.25) is 4.79 Å². The van der Waals surface area contributed by atoms with Crippen LogP contribution in [0.5, 0.6) is 0 Å². The first-order valence-corrected chi connectivity index (χ1v) is 8.47. The zero-order chi connectivity index (χ0) is 15.6. The Morgan fingerprint density at radius 2 is 2.19 bits per heavy atom. The number of hydrogen-bond donors (Lipinski definition) is 3. The second-order valence-corrected chi connectivity index (χ2v) is 7.15. The third-order valence-electron chi connectivity index (χ3n) is 3.09. The average Bonchev–Trinajstić information content (AvgIpc) is 2.40. The predicted octanol–water partition coefficient (Wildman–Crippen LogP) is 0.531. The van der Waals surface area contributed by atoms with E-state index in [2.05, 4.69) is 10.0 Å². The molecule has 1 heterocycles. The zero-order valence-electron chi connectivity index (χ0n) is 10.9. The van der Waals surface area contributed by atoms with Crippen molar-refractivity contribution in [1.82, 2.24) is 10.0 Å². The van der Waals surface area contributed by atoms with Gasteiger partial charge in [0.25, 0.3) is 0 Å². The van der Waals surface area contributed by atoms with Gasteiger partial charge in [0.05, 0.1) is 5.02 Å². The summed E-state index contributed by atoms with van der Waals surface area (Å²) in [6, 6.07) is 3.40. The molecule has 1 unspecified atom stereocenters. The van der Waals surface area contributed by atoms with Crippen LogP contribution in [0.25, 0.3) is 0 Å². The quantitative estimate of drug-likeness (QED) is 0.690. The van der Waals surface area contributed by atoms with E-state index in [9.17, 15) is 13.2 Å². The molecular formula is C12H14ClN3O3S2. The Labute approximate surface area is 133 Å². The molecule has 4 N–H and O–H groups in total. The molecule has 1 aliphatic heterocycles. The van der Waals surface area contributed by atoms with Crippen molar-refractivity contribution < 1.29 is 13.2 Å². The summed E-state index contributed by atoms with van der Waals surface area (Å²) in [6.45, 7) is 0.556. The Hall–Kier alpha value is -1.22. The van der Waals surface area contributed by atoms with Crippen LogP contribution in [0.15, 0.2) is 23.1 Å². The van der Waals surface area contributed by atoms with Crippen molar-refractivity contribution in [3.8, 4) is 0 Å². The molecule has 1 saturated heterocycles. The number of benzene rings is 1. The van der Waals surface area contributed by atoms with Gasteiger partial charge >= 0.3 is 0 Å². The molecule has 1 amide bonds. The normalized spacial score (nSPS) is 19.1. The number of nitrogens with one attached hydrogen (secondary N) is 2. The molecule has 1 fully saturated rings. The third kappa shape index (κ3) is 3.70. The largest absolute Gasteiger partial charge is 0.389 e. The molecule has 1 aromatic rings. The molecule has 0 saturated carbocycles. The SMILES string of the molecule is NC(=S)c1ccc(S(=O)(=O)NC2CCCNC2=O)c(Cl)c1. The van der Waals surface area contributed by atoms with Crippen LogP contribution in [0.3, 0.4) is 0 Å². The van der Waals surface area contributed by atoms with E-state index in [0.29, 0.717) is 24.9 Å². The van der Waals surface area contributed by atoms with Gasteiger partial charge in [-0.05, 0) is 25.0 Å². The lowest BCUT2D eigenvalue weighted by Gasteiger charge is -2.22. The Kier molecular flexibility index (Phi) is 4.82. The molecular weight excluding hydrogens is 334 g/mol. The van der Waals surface area contributed by atoms with Crippen LogP contribution >= 0.6 is 23.8 Å². The number of hydrogen-bond acceptors (Lipinski definition) is 4. The summed E-state index contributed by atoms with van der Waals surface area (Å²) >= 11 is 10.8. The summed E-state index contributed by atoms with van der Waals surface area (Å²) in [6.07, 6.45) is 1.17. The van der Waals surface area contributed by atoms with Crippen molar-refractivity contribution in [3.05, 3.63) is 28.8 Å². The minimum Gasteiger partial charge on any atom is -0.389 e. The smallest absolute Gasteiger partial charge is 0.242 e. The van der Waals surface area contributed by atoms with Crippen molar-refractivity contribution in [2.75, 3.05) is 6.54 Å². The van der Waals surface area contributed by atoms with Gasteiger partial charge in [-0.15, -0.1) is 0 Å². The van der Waals surface area contributed by atoms with Crippen molar-refractivity contribution in [2.24, 2.45) is 5.73 Å². The fraction of sp³-hybridized carbons (Fsp3) is 0.333. The van der Waals surface area contributed by atoms with E-state index >= 15 is 0 Å². The van der Waals surface area contributed by atoms with Crippen LogP contribution in [0.4, 0.5) is 0 Å². The third-order valence-corrected chi connectivity index (χ3v) is 5.28. The average molecular weight is 348 g/mol. The number of amides is 1. The number of nitrogens with two attached hydrogens (primary N) is 1. The second kappa shape index (κ2) is 6.27. The minimum absolute atomic E-state index is 0.00372. The fourth-order valence-electron chi connectivity index (χ4n) is 2.01. The molecule has 0 aromatic heterocycles. The maximum absolute atomic E-state index is 12.3. The number of piperidine rings is 1. The first kappa shape index (κ1) is 16.2. The van der Waals surface area contributed by atoms with E-state index in [-0.39, 0.29) is 20.8 Å². The van der Waals surface area contributed by atoms with Gasteiger partial charge in [0.15, 0.2) is 0 Å². The lowest BCUT2D eigenvalue weighted by molar-refractivity contribution is -0.124. The molecule has 1 atom stereocenters. The minimum atomic E-state index is -3.89. The van der Waals surface area contributed by atoms with Gasteiger partial charge in [-0.1, -0.05) is 29.9 Å². The molecule has 2 rings (SSSR count). The Morgan fingerprint density at radius 1 is 1.48 bits per heavy atom. The van der Waals surface area contributed by atoms with Crippen molar-refractivity contribution in [3.63, 3.8) is 0 Å². The Balaban J connectivity index is 2.27. The van der Waals surface area contributed by atoms with E-state index in [0.717, 1.165) is 0 Å². The summed E-state index contributed by atoms with van der Waals surface area (Å²) in [4.78, 5) is 11.6. The maximum Gasteiger partial charge on any atom is 0.242 e. The summed E-state index contributed by atoms with van der Waals surface area (Å²) in [5, 5.41) is 2.62. The van der Waals surface area contributed by atoms with E-state index in [4.69, 9.17) is 29.6 Å². The number of carbonyl (C=O) groups excluding carboxylic acids is 1. The Morgan fingerprint density at radius 3 is 2.76 bits per heavy atom. The molecule has 21 heavy (non-hydrogen) atoms. The Bertz CT molecular complexity index is 691. The van der Waals surface area contributed by atoms with Crippen molar-refractivity contribution in [2.45, 2.75) is 23.8 Å². The van der Waals surface area contributed by atoms with Crippen LogP contribution in [0.2, 0.25) is 5.02 Å². The standard InChI is InChI=1S/C12H14ClN3O3S2/c13-8-6-7(11(14)20)3-4-10(8)21(18,19)16-9-2-1-5-15-12(9)17/h3-4,6,9,16H,1-2,5H2,(H2,14,20)(H,15,17). The highest BCUT2D eigenvalue weighted by molar-refractivity contribution is 7.89. The van der Waals surface area contributed by atoms with Crippen LogP contribution in [0.1, 0.15) is 18.4 Å². The monoisotopic (exact) mass is 347 g/mol. The summed E-state index contributed by atoms with van der Waals surface area (Å²) in [5.41, 5.74) is 5.94. The van der Waals surface area contributed by atoms with Crippen LogP contribution in [0, 0.1) is 0 Å². The van der Waals surface area contributed by atoms with E-state index in [1.807, 2.05) is 0 Å². The summed E-state index contributed by atoms with van der Waals surface area (Å²) in [7, 11) is -3.89.